The van der Waals surface area contributed by atoms with Crippen LogP contribution < -0.4 is 0 Å². The van der Waals surface area contributed by atoms with Gasteiger partial charge in [-0.15, -0.1) is 0 Å². The summed E-state index contributed by atoms with van der Waals surface area (Å²) in [6.07, 6.45) is 3.11. The lowest BCUT2D eigenvalue weighted by molar-refractivity contribution is -0.0328. The molecule has 0 heterocycles. The molecule has 5 heteroatoms. The minimum atomic E-state index is -4.34. The molecule has 136 valence electrons. The lowest BCUT2D eigenvalue weighted by Crippen LogP contribution is -1.99. The molecule has 27 heavy (non-hydrogen) atoms. The summed E-state index contributed by atoms with van der Waals surface area (Å²) in [7, 11) is 0. The summed E-state index contributed by atoms with van der Waals surface area (Å²) >= 11 is -0.198. The quantitative estimate of drug-likeness (QED) is 0.271. The number of carbonyl (C=O) groups is 1. The van der Waals surface area contributed by atoms with Gasteiger partial charge < -0.3 is 0 Å². The van der Waals surface area contributed by atoms with Gasteiger partial charge in [0, 0.05) is 10.5 Å². The molecule has 0 aliphatic heterocycles. The first-order valence-corrected chi connectivity index (χ1v) is 8.96. The highest BCUT2D eigenvalue weighted by Gasteiger charge is 2.29. The van der Waals surface area contributed by atoms with Crippen molar-refractivity contribution in [2.24, 2.45) is 0 Å². The molecule has 0 aliphatic rings. The number of hydrogen-bond donors (Lipinski definition) is 0. The fourth-order valence-electron chi connectivity index (χ4n) is 2.51. The van der Waals surface area contributed by atoms with Crippen molar-refractivity contribution >= 4 is 23.6 Å². The van der Waals surface area contributed by atoms with Crippen molar-refractivity contribution in [3.05, 3.63) is 96.1 Å². The van der Waals surface area contributed by atoms with Crippen LogP contribution in [0.2, 0.25) is 0 Å². The summed E-state index contributed by atoms with van der Waals surface area (Å²) in [5.74, 6) is -0.259. The molecule has 0 fully saturated rings. The second-order valence-electron chi connectivity index (χ2n) is 5.76. The molecule has 0 spiro atoms. The van der Waals surface area contributed by atoms with E-state index in [0.717, 1.165) is 16.7 Å². The van der Waals surface area contributed by atoms with Gasteiger partial charge in [0.15, 0.2) is 5.78 Å². The molecular formula is C22H15F3OS. The van der Waals surface area contributed by atoms with Gasteiger partial charge in [-0.25, -0.2) is 0 Å². The molecule has 3 rings (SSSR count). The fourth-order valence-corrected chi connectivity index (χ4v) is 3.05. The molecule has 0 bridgehead atoms. The van der Waals surface area contributed by atoms with Crippen molar-refractivity contribution in [2.75, 3.05) is 0 Å². The molecule has 0 aromatic heterocycles. The summed E-state index contributed by atoms with van der Waals surface area (Å²) in [4.78, 5) is 12.2. The van der Waals surface area contributed by atoms with Gasteiger partial charge in [0.25, 0.3) is 0 Å². The summed E-state index contributed by atoms with van der Waals surface area (Å²) in [6.45, 7) is 0. The molecule has 0 unspecified atom stereocenters. The Morgan fingerprint density at radius 2 is 1.37 bits per heavy atom. The summed E-state index contributed by atoms with van der Waals surface area (Å²) in [5.41, 5.74) is -0.930. The maximum Gasteiger partial charge on any atom is 0.446 e. The molecule has 3 aromatic rings. The lowest BCUT2D eigenvalue weighted by Gasteiger charge is -2.05. The van der Waals surface area contributed by atoms with Crippen LogP contribution in [0.3, 0.4) is 0 Å². The second kappa shape index (κ2) is 8.27. The third-order valence-corrected chi connectivity index (χ3v) is 4.56. The van der Waals surface area contributed by atoms with Gasteiger partial charge in [-0.1, -0.05) is 60.7 Å². The number of benzene rings is 3. The van der Waals surface area contributed by atoms with Gasteiger partial charge in [0.2, 0.25) is 0 Å². The van der Waals surface area contributed by atoms with Crippen molar-refractivity contribution in [2.45, 2.75) is 10.4 Å². The number of allylic oxidation sites excluding steroid dienone is 1. The fraction of sp³-hybridized carbons (Fsp3) is 0.0455. The molecule has 0 amide bonds. The Labute approximate surface area is 159 Å². The predicted octanol–water partition coefficient (Wildman–Crippen LogP) is 6.86. The van der Waals surface area contributed by atoms with E-state index in [-0.39, 0.29) is 22.4 Å². The van der Waals surface area contributed by atoms with E-state index in [2.05, 4.69) is 0 Å². The first kappa shape index (κ1) is 19.0. The van der Waals surface area contributed by atoms with Crippen LogP contribution >= 0.6 is 11.8 Å². The van der Waals surface area contributed by atoms with Crippen molar-refractivity contribution in [1.82, 2.24) is 0 Å². The normalized spacial score (nSPS) is 11.7. The number of ketones is 1. The van der Waals surface area contributed by atoms with Crippen LogP contribution in [0.15, 0.2) is 89.8 Å². The van der Waals surface area contributed by atoms with E-state index in [1.165, 1.54) is 30.3 Å². The lowest BCUT2D eigenvalue weighted by atomic mass is 10.0. The highest BCUT2D eigenvalue weighted by atomic mass is 32.2. The SMILES string of the molecule is O=C(/C=C/c1ccc(-c2ccccc2)cc1)c1ccc(SC(F)(F)F)cc1. The largest absolute Gasteiger partial charge is 0.446 e. The van der Waals surface area contributed by atoms with Crippen LogP contribution in [-0.2, 0) is 0 Å². The molecule has 0 atom stereocenters. The Morgan fingerprint density at radius 3 is 1.96 bits per heavy atom. The molecule has 3 aromatic carbocycles. The van der Waals surface area contributed by atoms with Crippen LogP contribution in [0.25, 0.3) is 17.2 Å². The van der Waals surface area contributed by atoms with E-state index < -0.39 is 5.51 Å². The van der Waals surface area contributed by atoms with Gasteiger partial charge in [0.05, 0.1) is 0 Å². The third-order valence-electron chi connectivity index (χ3n) is 3.82. The predicted molar refractivity (Wildman–Crippen MR) is 104 cm³/mol. The molecule has 0 saturated heterocycles. The average Bonchev–Trinajstić information content (AvgIpc) is 2.66. The topological polar surface area (TPSA) is 17.1 Å². The van der Waals surface area contributed by atoms with Crippen molar-refractivity contribution in [3.8, 4) is 11.1 Å². The Hall–Kier alpha value is -2.79. The molecule has 0 saturated carbocycles. The summed E-state index contributed by atoms with van der Waals surface area (Å²) in [6, 6.07) is 23.1. The van der Waals surface area contributed by atoms with Crippen molar-refractivity contribution in [3.63, 3.8) is 0 Å². The number of alkyl halides is 3. The van der Waals surface area contributed by atoms with Crippen molar-refractivity contribution < 1.29 is 18.0 Å². The zero-order chi connectivity index (χ0) is 19.3. The van der Waals surface area contributed by atoms with Crippen LogP contribution in [0.4, 0.5) is 13.2 Å². The molecule has 0 N–H and O–H groups in total. The first-order chi connectivity index (χ1) is 12.9. The molecular weight excluding hydrogens is 369 g/mol. The minimum absolute atomic E-state index is 0.0551. The maximum absolute atomic E-state index is 12.3. The molecule has 1 nitrogen and oxygen atoms in total. The number of carbonyl (C=O) groups excluding carboxylic acids is 1. The van der Waals surface area contributed by atoms with E-state index in [1.54, 1.807) is 6.08 Å². The monoisotopic (exact) mass is 384 g/mol. The zero-order valence-electron chi connectivity index (χ0n) is 14.1. The number of thioether (sulfide) groups is 1. The third kappa shape index (κ3) is 5.59. The van der Waals surface area contributed by atoms with Gasteiger partial charge in [0.1, 0.15) is 0 Å². The van der Waals surface area contributed by atoms with Crippen LogP contribution in [0, 0.1) is 0 Å². The van der Waals surface area contributed by atoms with Crippen molar-refractivity contribution in [1.29, 1.82) is 0 Å². The van der Waals surface area contributed by atoms with Crippen LogP contribution in [-0.4, -0.2) is 11.3 Å². The van der Waals surface area contributed by atoms with E-state index in [1.807, 2.05) is 54.6 Å². The standard InChI is InChI=1S/C22H15F3OS/c23-22(24,25)27-20-13-11-19(12-14-20)21(26)15-8-16-6-9-18(10-7-16)17-4-2-1-3-5-17/h1-15H/b15-8+. The van der Waals surface area contributed by atoms with Gasteiger partial charge >= 0.3 is 5.51 Å². The van der Waals surface area contributed by atoms with Gasteiger partial charge in [-0.05, 0) is 58.8 Å². The first-order valence-electron chi connectivity index (χ1n) is 8.14. The molecule has 0 radical (unpaired) electrons. The number of hydrogen-bond acceptors (Lipinski definition) is 2. The highest BCUT2D eigenvalue weighted by Crippen LogP contribution is 2.36. The Balaban J connectivity index is 1.66. The Bertz CT molecular complexity index is 928. The molecule has 0 aliphatic carbocycles. The zero-order valence-corrected chi connectivity index (χ0v) is 14.9. The minimum Gasteiger partial charge on any atom is -0.289 e. The summed E-state index contributed by atoms with van der Waals surface area (Å²) < 4.78 is 37.0. The number of halogens is 3. The van der Waals surface area contributed by atoms with Crippen LogP contribution in [0.5, 0.6) is 0 Å². The maximum atomic E-state index is 12.3. The number of rotatable bonds is 5. The second-order valence-corrected chi connectivity index (χ2v) is 6.90. The van der Waals surface area contributed by atoms with Gasteiger partial charge in [-0.3, -0.25) is 4.79 Å². The summed E-state index contributed by atoms with van der Waals surface area (Å²) in [5, 5.41) is 0. The van der Waals surface area contributed by atoms with Gasteiger partial charge in [-0.2, -0.15) is 13.2 Å². The van der Waals surface area contributed by atoms with E-state index >= 15 is 0 Å². The smallest absolute Gasteiger partial charge is 0.289 e. The highest BCUT2D eigenvalue weighted by molar-refractivity contribution is 8.00. The van der Waals surface area contributed by atoms with E-state index in [9.17, 15) is 18.0 Å². The van der Waals surface area contributed by atoms with E-state index in [0.29, 0.717) is 5.56 Å². The van der Waals surface area contributed by atoms with Crippen LogP contribution in [0.1, 0.15) is 15.9 Å². The average molecular weight is 384 g/mol. The Morgan fingerprint density at radius 1 is 0.778 bits per heavy atom. The Kier molecular flexibility index (Phi) is 5.81. The van der Waals surface area contributed by atoms with E-state index in [4.69, 9.17) is 0 Å².